The molecule has 222 valence electrons. The van der Waals surface area contributed by atoms with E-state index in [9.17, 15) is 0 Å². The molecule has 0 unspecified atom stereocenters. The molecule has 3 heteroatoms. The topological polar surface area (TPSA) is 19.4 Å². The van der Waals surface area contributed by atoms with Gasteiger partial charge in [-0.3, -0.25) is 4.98 Å². The fourth-order valence-corrected chi connectivity index (χ4v) is 7.98. The monoisotopic (exact) mass is 593 g/mol. The summed E-state index contributed by atoms with van der Waals surface area (Å²) in [6.07, 6.45) is 6.12. The van der Waals surface area contributed by atoms with Crippen LogP contribution >= 0.6 is 0 Å². The zero-order valence-corrected chi connectivity index (χ0v) is 26.3. The van der Waals surface area contributed by atoms with Gasteiger partial charge in [0.15, 0.2) is 0 Å². The Morgan fingerprint density at radius 3 is 1.48 bits per heavy atom. The van der Waals surface area contributed by atoms with Crippen molar-refractivity contribution in [2.75, 3.05) is 23.9 Å². The van der Waals surface area contributed by atoms with Crippen molar-refractivity contribution in [1.29, 1.82) is 0 Å². The first-order chi connectivity index (χ1) is 22.7. The lowest BCUT2D eigenvalue weighted by molar-refractivity contribution is 0.978. The zero-order chi connectivity index (χ0) is 30.8. The summed E-state index contributed by atoms with van der Waals surface area (Å²) in [5.41, 5.74) is 16.6. The average molecular weight is 594 g/mol. The minimum Gasteiger partial charge on any atom is -0.344 e. The van der Waals surface area contributed by atoms with Crippen LogP contribution in [0.1, 0.15) is 22.3 Å². The molecule has 0 spiro atoms. The molecule has 0 saturated carbocycles. The Balaban J connectivity index is 1.26. The van der Waals surface area contributed by atoms with Crippen LogP contribution in [0.15, 0.2) is 128 Å². The second-order valence-corrected chi connectivity index (χ2v) is 12.8. The van der Waals surface area contributed by atoms with Gasteiger partial charge in [0, 0.05) is 54.0 Å². The molecule has 3 heterocycles. The predicted octanol–water partition coefficient (Wildman–Crippen LogP) is 10.5. The molecule has 0 radical (unpaired) electrons. The highest BCUT2D eigenvalue weighted by Gasteiger charge is 2.23. The molecule has 0 saturated heterocycles. The van der Waals surface area contributed by atoms with Gasteiger partial charge in [-0.2, -0.15) is 0 Å². The molecule has 3 nitrogen and oxygen atoms in total. The Morgan fingerprint density at radius 1 is 0.435 bits per heavy atom. The van der Waals surface area contributed by atoms with Gasteiger partial charge in [0.25, 0.3) is 0 Å². The number of para-hydroxylation sites is 2. The number of pyridine rings is 1. The standard InChI is InChI=1S/C43H35N3/c1-45-37-15-7-3-10-28(37)17-19-30-21-23-32(26-39(30)45)41-34-12-5-6-13-35(34)42(43-36(41)14-9-25-44-43)33-24-22-31-20-18-29-11-4-8-16-38(29)46(2)40(31)27-33/h3-16,21-27H,17-20H2,1-2H3. The molecule has 0 fully saturated rings. The highest BCUT2D eigenvalue weighted by molar-refractivity contribution is 6.20. The third-order valence-corrected chi connectivity index (χ3v) is 10.3. The molecule has 0 amide bonds. The van der Waals surface area contributed by atoms with E-state index in [2.05, 4.69) is 145 Å². The third-order valence-electron chi connectivity index (χ3n) is 10.3. The summed E-state index contributed by atoms with van der Waals surface area (Å²) in [6, 6.07) is 45.0. The van der Waals surface area contributed by atoms with Gasteiger partial charge >= 0.3 is 0 Å². The molecular formula is C43H35N3. The van der Waals surface area contributed by atoms with E-state index < -0.39 is 0 Å². The first kappa shape index (κ1) is 26.9. The molecule has 6 aromatic carbocycles. The molecule has 2 aliphatic rings. The molecule has 2 aliphatic heterocycles. The van der Waals surface area contributed by atoms with Crippen molar-refractivity contribution in [2.45, 2.75) is 25.7 Å². The van der Waals surface area contributed by atoms with E-state index in [1.807, 2.05) is 6.20 Å². The Labute approximate surface area is 270 Å². The van der Waals surface area contributed by atoms with Crippen LogP contribution in [-0.4, -0.2) is 19.1 Å². The summed E-state index contributed by atoms with van der Waals surface area (Å²) in [6.45, 7) is 0. The SMILES string of the molecule is CN1c2ccccc2CCc2ccc(-c3c4ccccc4c(-c4ccc5c(c4)N(C)c4ccccc4CC5)c4ncccc34)cc21. The lowest BCUT2D eigenvalue weighted by Crippen LogP contribution is -2.11. The van der Waals surface area contributed by atoms with E-state index in [1.165, 1.54) is 83.4 Å². The van der Waals surface area contributed by atoms with Gasteiger partial charge < -0.3 is 9.80 Å². The molecule has 0 atom stereocenters. The fraction of sp³-hybridized carbons (Fsp3) is 0.140. The Hall–Kier alpha value is -5.41. The van der Waals surface area contributed by atoms with E-state index in [0.29, 0.717) is 0 Å². The number of rotatable bonds is 2. The largest absolute Gasteiger partial charge is 0.344 e. The minimum atomic E-state index is 1.03. The first-order valence-corrected chi connectivity index (χ1v) is 16.3. The molecule has 0 N–H and O–H groups in total. The number of hydrogen-bond donors (Lipinski definition) is 0. The van der Waals surface area contributed by atoms with Crippen LogP contribution in [0.5, 0.6) is 0 Å². The van der Waals surface area contributed by atoms with Gasteiger partial charge in [0.2, 0.25) is 0 Å². The summed E-state index contributed by atoms with van der Waals surface area (Å²) in [5, 5.41) is 3.67. The van der Waals surface area contributed by atoms with E-state index in [4.69, 9.17) is 4.98 Å². The number of hydrogen-bond acceptors (Lipinski definition) is 3. The van der Waals surface area contributed by atoms with E-state index in [1.54, 1.807) is 0 Å². The molecule has 9 rings (SSSR count). The maximum Gasteiger partial charge on any atom is 0.0793 e. The van der Waals surface area contributed by atoms with Crippen molar-refractivity contribution < 1.29 is 0 Å². The molecule has 0 bridgehead atoms. The second kappa shape index (κ2) is 10.6. The second-order valence-electron chi connectivity index (χ2n) is 12.8. The van der Waals surface area contributed by atoms with Gasteiger partial charge in [0.1, 0.15) is 0 Å². The van der Waals surface area contributed by atoms with Crippen LogP contribution < -0.4 is 9.80 Å². The Kier molecular flexibility index (Phi) is 6.21. The molecular weight excluding hydrogens is 558 g/mol. The van der Waals surface area contributed by atoms with Crippen molar-refractivity contribution in [2.24, 2.45) is 0 Å². The van der Waals surface area contributed by atoms with Gasteiger partial charge in [-0.05, 0) is 106 Å². The quantitative estimate of drug-likeness (QED) is 0.186. The summed E-state index contributed by atoms with van der Waals surface area (Å²) < 4.78 is 0. The van der Waals surface area contributed by atoms with Crippen molar-refractivity contribution in [3.8, 4) is 22.3 Å². The summed E-state index contributed by atoms with van der Waals surface area (Å²) in [5.74, 6) is 0. The van der Waals surface area contributed by atoms with Crippen molar-refractivity contribution in [1.82, 2.24) is 4.98 Å². The van der Waals surface area contributed by atoms with Gasteiger partial charge in [0.05, 0.1) is 5.52 Å². The van der Waals surface area contributed by atoms with Crippen LogP contribution in [0.25, 0.3) is 43.9 Å². The number of aromatic nitrogens is 1. The van der Waals surface area contributed by atoms with Crippen molar-refractivity contribution in [3.63, 3.8) is 0 Å². The number of fused-ring (bicyclic) bond motifs is 6. The van der Waals surface area contributed by atoms with E-state index >= 15 is 0 Å². The predicted molar refractivity (Wildman–Crippen MR) is 194 cm³/mol. The Bertz CT molecular complexity index is 2100. The Morgan fingerprint density at radius 2 is 0.891 bits per heavy atom. The summed E-state index contributed by atoms with van der Waals surface area (Å²) in [7, 11) is 4.42. The van der Waals surface area contributed by atoms with Crippen LogP contribution in [0.4, 0.5) is 22.7 Å². The number of anilines is 4. The lowest BCUT2D eigenvalue weighted by atomic mass is 9.87. The van der Waals surface area contributed by atoms with Crippen LogP contribution in [0, 0.1) is 0 Å². The smallest absolute Gasteiger partial charge is 0.0793 e. The fourth-order valence-electron chi connectivity index (χ4n) is 7.98. The third kappa shape index (κ3) is 4.15. The first-order valence-electron chi connectivity index (χ1n) is 16.3. The van der Waals surface area contributed by atoms with E-state index in [0.717, 1.165) is 31.2 Å². The molecule has 46 heavy (non-hydrogen) atoms. The van der Waals surface area contributed by atoms with Gasteiger partial charge in [-0.1, -0.05) is 91.0 Å². The van der Waals surface area contributed by atoms with Crippen LogP contribution in [-0.2, 0) is 25.7 Å². The minimum absolute atomic E-state index is 1.03. The zero-order valence-electron chi connectivity index (χ0n) is 26.3. The summed E-state index contributed by atoms with van der Waals surface area (Å²) >= 11 is 0. The average Bonchev–Trinajstić information content (AvgIpc) is 3.34. The maximum absolute atomic E-state index is 5.10. The van der Waals surface area contributed by atoms with Crippen molar-refractivity contribution >= 4 is 44.4 Å². The lowest BCUT2D eigenvalue weighted by Gasteiger charge is -2.24. The van der Waals surface area contributed by atoms with Crippen LogP contribution in [0.3, 0.4) is 0 Å². The number of nitrogens with zero attached hydrogens (tertiary/aromatic N) is 3. The number of aryl methyl sites for hydroxylation is 4. The van der Waals surface area contributed by atoms with E-state index in [-0.39, 0.29) is 0 Å². The molecule has 7 aromatic rings. The van der Waals surface area contributed by atoms with Crippen molar-refractivity contribution in [3.05, 3.63) is 150 Å². The normalized spacial score (nSPS) is 13.9. The highest BCUT2D eigenvalue weighted by atomic mass is 15.1. The number of benzene rings is 6. The van der Waals surface area contributed by atoms with Gasteiger partial charge in [-0.25, -0.2) is 0 Å². The highest BCUT2D eigenvalue weighted by Crippen LogP contribution is 2.46. The molecule has 1 aromatic heterocycles. The summed E-state index contributed by atoms with van der Waals surface area (Å²) in [4.78, 5) is 9.85. The van der Waals surface area contributed by atoms with Crippen LogP contribution in [0.2, 0.25) is 0 Å². The molecule has 0 aliphatic carbocycles. The van der Waals surface area contributed by atoms with Gasteiger partial charge in [-0.15, -0.1) is 0 Å². The maximum atomic E-state index is 5.10.